The maximum atomic E-state index is 10.3. The Labute approximate surface area is 89.5 Å². The topological polar surface area (TPSA) is 41.5 Å². The maximum Gasteiger partial charge on any atom is 0.211 e. The van der Waals surface area contributed by atoms with Crippen molar-refractivity contribution in [1.29, 1.82) is 0 Å². The van der Waals surface area contributed by atoms with Crippen LogP contribution in [0.2, 0.25) is 0 Å². The van der Waals surface area contributed by atoms with E-state index in [4.69, 9.17) is 0 Å². The number of anilines is 1. The van der Waals surface area contributed by atoms with Gasteiger partial charge in [-0.1, -0.05) is 19.1 Å². The van der Waals surface area contributed by atoms with E-state index in [-0.39, 0.29) is 0 Å². The number of nitrogens with one attached hydrogen (secondary N) is 1. The maximum absolute atomic E-state index is 10.3. The number of rotatable bonds is 5. The molecule has 1 amide bonds. The Morgan fingerprint density at radius 2 is 2.33 bits per heavy atom. The highest BCUT2D eigenvalue weighted by Gasteiger charge is 1.98. The van der Waals surface area contributed by atoms with Crippen LogP contribution in [0.3, 0.4) is 0 Å². The molecule has 78 valence electrons. The summed E-state index contributed by atoms with van der Waals surface area (Å²) >= 11 is 0. The molecule has 0 aliphatic heterocycles. The molecular formula is C12H14N2O. The van der Waals surface area contributed by atoms with Crippen molar-refractivity contribution in [2.75, 3.05) is 5.32 Å². The van der Waals surface area contributed by atoms with Crippen LogP contribution in [0.1, 0.15) is 18.9 Å². The predicted octanol–water partition coefficient (Wildman–Crippen LogP) is 3.01. The van der Waals surface area contributed by atoms with Crippen LogP contribution in [0.15, 0.2) is 29.3 Å². The summed E-state index contributed by atoms with van der Waals surface area (Å²) in [6.07, 6.45) is 5.63. The van der Waals surface area contributed by atoms with Gasteiger partial charge in [-0.15, -0.1) is 0 Å². The van der Waals surface area contributed by atoms with E-state index in [1.54, 1.807) is 6.07 Å². The lowest BCUT2D eigenvalue weighted by atomic mass is 10.1. The molecule has 1 aromatic carbocycles. The fraction of sp³-hybridized carbons (Fsp3) is 0.167. The van der Waals surface area contributed by atoms with Crippen LogP contribution in [0.25, 0.3) is 6.08 Å². The van der Waals surface area contributed by atoms with Gasteiger partial charge in [0.2, 0.25) is 6.41 Å². The lowest BCUT2D eigenvalue weighted by Crippen LogP contribution is -1.93. The molecule has 0 heterocycles. The van der Waals surface area contributed by atoms with Crippen LogP contribution in [0, 0.1) is 0 Å². The van der Waals surface area contributed by atoms with E-state index in [2.05, 4.69) is 24.0 Å². The van der Waals surface area contributed by atoms with Gasteiger partial charge in [0.15, 0.2) is 0 Å². The van der Waals surface area contributed by atoms with Crippen molar-refractivity contribution in [3.8, 4) is 0 Å². The van der Waals surface area contributed by atoms with Crippen molar-refractivity contribution >= 4 is 30.6 Å². The Balaban J connectivity index is 3.06. The van der Waals surface area contributed by atoms with E-state index in [0.29, 0.717) is 6.41 Å². The van der Waals surface area contributed by atoms with Gasteiger partial charge in [0.25, 0.3) is 0 Å². The van der Waals surface area contributed by atoms with Crippen molar-refractivity contribution in [1.82, 2.24) is 0 Å². The molecule has 0 aromatic heterocycles. The lowest BCUT2D eigenvalue weighted by molar-refractivity contribution is -0.105. The van der Waals surface area contributed by atoms with Gasteiger partial charge in [-0.2, -0.15) is 0 Å². The summed E-state index contributed by atoms with van der Waals surface area (Å²) in [6, 6.07) is 5.49. The summed E-state index contributed by atoms with van der Waals surface area (Å²) in [5.41, 5.74) is 2.53. The third-order valence-electron chi connectivity index (χ3n) is 1.96. The van der Waals surface area contributed by atoms with Crippen LogP contribution in [-0.2, 0) is 4.79 Å². The van der Waals surface area contributed by atoms with Gasteiger partial charge in [-0.3, -0.25) is 9.79 Å². The monoisotopic (exact) mass is 202 g/mol. The Bertz CT molecular complexity index is 383. The molecule has 0 radical (unpaired) electrons. The molecule has 0 spiro atoms. The minimum absolute atomic E-state index is 0.656. The standard InChI is InChI=1S/C12H14N2O/c1-3-4-5-10-8-11(14-9-15)6-7-12(10)13-2/h4-9H,2-3H2,1H3,(H,14,15)/b5-4-. The van der Waals surface area contributed by atoms with Gasteiger partial charge in [0.05, 0.1) is 5.69 Å². The van der Waals surface area contributed by atoms with E-state index >= 15 is 0 Å². The van der Waals surface area contributed by atoms with E-state index < -0.39 is 0 Å². The second-order valence-electron chi connectivity index (χ2n) is 3.00. The average Bonchev–Trinajstić information content (AvgIpc) is 2.27. The minimum Gasteiger partial charge on any atom is -0.329 e. The average molecular weight is 202 g/mol. The molecular weight excluding hydrogens is 188 g/mol. The summed E-state index contributed by atoms with van der Waals surface area (Å²) in [4.78, 5) is 14.2. The second-order valence-corrected chi connectivity index (χ2v) is 3.00. The van der Waals surface area contributed by atoms with Crippen molar-refractivity contribution in [2.45, 2.75) is 13.3 Å². The molecule has 1 aromatic rings. The Hall–Kier alpha value is -1.90. The van der Waals surface area contributed by atoms with Crippen molar-refractivity contribution < 1.29 is 4.79 Å². The molecule has 0 aliphatic rings. The molecule has 0 atom stereocenters. The van der Waals surface area contributed by atoms with Crippen molar-refractivity contribution in [3.05, 3.63) is 29.8 Å². The molecule has 0 unspecified atom stereocenters. The molecule has 0 aliphatic carbocycles. The number of amides is 1. The minimum atomic E-state index is 0.656. The van der Waals surface area contributed by atoms with Gasteiger partial charge in [-0.25, -0.2) is 0 Å². The van der Waals surface area contributed by atoms with Crippen molar-refractivity contribution in [2.24, 2.45) is 4.99 Å². The normalized spacial score (nSPS) is 10.2. The Morgan fingerprint density at radius 1 is 1.53 bits per heavy atom. The number of hydrogen-bond acceptors (Lipinski definition) is 2. The molecule has 0 fully saturated rings. The highest BCUT2D eigenvalue weighted by Crippen LogP contribution is 2.24. The number of benzene rings is 1. The number of carbonyl (C=O) groups is 1. The zero-order chi connectivity index (χ0) is 11.1. The lowest BCUT2D eigenvalue weighted by Gasteiger charge is -2.03. The largest absolute Gasteiger partial charge is 0.329 e. The van der Waals surface area contributed by atoms with E-state index in [9.17, 15) is 4.79 Å². The van der Waals surface area contributed by atoms with Crippen molar-refractivity contribution in [3.63, 3.8) is 0 Å². The molecule has 15 heavy (non-hydrogen) atoms. The second kappa shape index (κ2) is 5.75. The molecule has 0 saturated heterocycles. The molecule has 0 saturated carbocycles. The Kier molecular flexibility index (Phi) is 4.29. The molecule has 3 heteroatoms. The fourth-order valence-corrected chi connectivity index (χ4v) is 1.23. The van der Waals surface area contributed by atoms with E-state index in [1.165, 1.54) is 0 Å². The third-order valence-corrected chi connectivity index (χ3v) is 1.96. The summed E-state index contributed by atoms with van der Waals surface area (Å²) < 4.78 is 0. The summed E-state index contributed by atoms with van der Waals surface area (Å²) in [7, 11) is 0. The number of aliphatic imine (C=N–C) groups is 1. The van der Waals surface area contributed by atoms with Gasteiger partial charge in [0.1, 0.15) is 0 Å². The summed E-state index contributed by atoms with van der Waals surface area (Å²) in [6.45, 7) is 5.56. The smallest absolute Gasteiger partial charge is 0.211 e. The van der Waals surface area contributed by atoms with Crippen LogP contribution >= 0.6 is 0 Å². The zero-order valence-electron chi connectivity index (χ0n) is 8.73. The van der Waals surface area contributed by atoms with Gasteiger partial charge in [0, 0.05) is 11.3 Å². The van der Waals surface area contributed by atoms with Gasteiger partial charge >= 0.3 is 0 Å². The predicted molar refractivity (Wildman–Crippen MR) is 64.7 cm³/mol. The molecule has 3 nitrogen and oxygen atoms in total. The fourth-order valence-electron chi connectivity index (χ4n) is 1.23. The first kappa shape index (κ1) is 11.2. The number of allylic oxidation sites excluding steroid dienone is 1. The zero-order valence-corrected chi connectivity index (χ0v) is 8.73. The molecule has 1 N–H and O–H groups in total. The molecule has 0 bridgehead atoms. The summed E-state index contributed by atoms with van der Waals surface area (Å²) in [5, 5.41) is 2.60. The van der Waals surface area contributed by atoms with Gasteiger partial charge < -0.3 is 5.32 Å². The first-order chi connectivity index (χ1) is 7.31. The first-order valence-electron chi connectivity index (χ1n) is 4.79. The molecule has 1 rings (SSSR count). The van der Waals surface area contributed by atoms with Crippen LogP contribution in [0.5, 0.6) is 0 Å². The number of nitrogens with zero attached hydrogens (tertiary/aromatic N) is 1. The number of hydrogen-bond donors (Lipinski definition) is 1. The van der Waals surface area contributed by atoms with Gasteiger partial charge in [-0.05, 0) is 31.3 Å². The van der Waals surface area contributed by atoms with E-state index in [1.807, 2.05) is 24.3 Å². The van der Waals surface area contributed by atoms with E-state index in [0.717, 1.165) is 23.4 Å². The van der Waals surface area contributed by atoms with Crippen LogP contribution < -0.4 is 5.32 Å². The first-order valence-corrected chi connectivity index (χ1v) is 4.79. The summed E-state index contributed by atoms with van der Waals surface area (Å²) in [5.74, 6) is 0. The SMILES string of the molecule is C=Nc1ccc(NC=O)cc1/C=C\CC. The highest BCUT2D eigenvalue weighted by atomic mass is 16.1. The Morgan fingerprint density at radius 3 is 2.93 bits per heavy atom. The number of carbonyl (C=O) groups excluding carboxylic acids is 1. The van der Waals surface area contributed by atoms with Crippen LogP contribution in [0.4, 0.5) is 11.4 Å². The third kappa shape index (κ3) is 3.06. The highest BCUT2D eigenvalue weighted by molar-refractivity contribution is 5.76. The van der Waals surface area contributed by atoms with Crippen LogP contribution in [-0.4, -0.2) is 13.1 Å². The quantitative estimate of drug-likeness (QED) is 0.578.